The van der Waals surface area contributed by atoms with Crippen molar-refractivity contribution in [2.24, 2.45) is 5.73 Å². The van der Waals surface area contributed by atoms with Crippen LogP contribution in [0.5, 0.6) is 0 Å². The van der Waals surface area contributed by atoms with Gasteiger partial charge in [-0.25, -0.2) is 9.59 Å². The zero-order chi connectivity index (χ0) is 15.1. The molecular formula is C13H16N2O4S. The molecule has 1 aromatic carbocycles. The molecular weight excluding hydrogens is 280 g/mol. The Bertz CT molecular complexity index is 568. The summed E-state index contributed by atoms with van der Waals surface area (Å²) in [6.07, 6.45) is -0.542. The molecule has 0 saturated heterocycles. The topological polar surface area (TPSA) is 92.9 Å². The summed E-state index contributed by atoms with van der Waals surface area (Å²) in [5.41, 5.74) is 5.41. The minimum absolute atomic E-state index is 0.162. The first-order valence-corrected chi connectivity index (χ1v) is 6.89. The van der Waals surface area contributed by atoms with Gasteiger partial charge in [-0.05, 0) is 39.0 Å². The van der Waals surface area contributed by atoms with Gasteiger partial charge in [-0.2, -0.15) is 0 Å². The van der Waals surface area contributed by atoms with E-state index in [-0.39, 0.29) is 5.56 Å². The standard InChI is InChI=1S/C13H16N2O4S/c1-13(2,3)19-12(18)15-8-5-4-7(10(16)17)6-9(8)20-11(15)14/h4-6,11H,14H2,1-3H3,(H,16,17). The molecule has 6 nitrogen and oxygen atoms in total. The van der Waals surface area contributed by atoms with Crippen LogP contribution in [0.1, 0.15) is 31.1 Å². The Morgan fingerprint density at radius 1 is 1.40 bits per heavy atom. The number of benzene rings is 1. The van der Waals surface area contributed by atoms with Gasteiger partial charge in [0.1, 0.15) is 11.1 Å². The van der Waals surface area contributed by atoms with Crippen LogP contribution in [0.25, 0.3) is 0 Å². The van der Waals surface area contributed by atoms with Gasteiger partial charge < -0.3 is 15.6 Å². The molecule has 2 rings (SSSR count). The first kappa shape index (κ1) is 14.7. The summed E-state index contributed by atoms with van der Waals surface area (Å²) in [6.45, 7) is 5.32. The Morgan fingerprint density at radius 2 is 2.05 bits per heavy atom. The van der Waals surface area contributed by atoms with Crippen molar-refractivity contribution in [3.05, 3.63) is 23.8 Å². The number of anilines is 1. The monoisotopic (exact) mass is 296 g/mol. The van der Waals surface area contributed by atoms with Gasteiger partial charge in [0.15, 0.2) is 0 Å². The van der Waals surface area contributed by atoms with Gasteiger partial charge in [0.25, 0.3) is 0 Å². The van der Waals surface area contributed by atoms with Gasteiger partial charge in [-0.3, -0.25) is 4.90 Å². The SMILES string of the molecule is CC(C)(C)OC(=O)N1c2ccc(C(=O)O)cc2SC1N. The van der Waals surface area contributed by atoms with Gasteiger partial charge >= 0.3 is 12.1 Å². The van der Waals surface area contributed by atoms with Crippen molar-refractivity contribution in [3.63, 3.8) is 0 Å². The van der Waals surface area contributed by atoms with Gasteiger partial charge in [-0.1, -0.05) is 11.8 Å². The Morgan fingerprint density at radius 3 is 2.60 bits per heavy atom. The van der Waals surface area contributed by atoms with Gasteiger partial charge in [0.2, 0.25) is 0 Å². The summed E-state index contributed by atoms with van der Waals surface area (Å²) in [7, 11) is 0. The Labute approximate surface area is 120 Å². The highest BCUT2D eigenvalue weighted by Gasteiger charge is 2.35. The van der Waals surface area contributed by atoms with Crippen LogP contribution >= 0.6 is 11.8 Å². The zero-order valence-corrected chi connectivity index (χ0v) is 12.2. The number of nitrogens with zero attached hydrogens (tertiary/aromatic N) is 1. The molecule has 0 saturated carbocycles. The highest BCUT2D eigenvalue weighted by atomic mass is 32.2. The predicted molar refractivity (Wildman–Crippen MR) is 75.9 cm³/mol. The lowest BCUT2D eigenvalue weighted by molar-refractivity contribution is 0.0577. The summed E-state index contributed by atoms with van der Waals surface area (Å²) in [5.74, 6) is -1.02. The Kier molecular flexibility index (Phi) is 3.66. The Balaban J connectivity index is 2.31. The van der Waals surface area contributed by atoms with Crippen LogP contribution < -0.4 is 10.6 Å². The van der Waals surface area contributed by atoms with Gasteiger partial charge in [0, 0.05) is 4.90 Å². The zero-order valence-electron chi connectivity index (χ0n) is 11.4. The molecule has 1 atom stereocenters. The number of carbonyl (C=O) groups is 2. The van der Waals surface area contributed by atoms with Crippen molar-refractivity contribution in [1.82, 2.24) is 0 Å². The summed E-state index contributed by atoms with van der Waals surface area (Å²) in [4.78, 5) is 25.1. The number of ether oxygens (including phenoxy) is 1. The van der Waals surface area contributed by atoms with E-state index in [0.717, 1.165) is 0 Å². The van der Waals surface area contributed by atoms with Crippen LogP contribution in [0.2, 0.25) is 0 Å². The van der Waals surface area contributed by atoms with E-state index in [0.29, 0.717) is 10.6 Å². The number of thioether (sulfide) groups is 1. The van der Waals surface area contributed by atoms with E-state index in [1.54, 1.807) is 26.8 Å². The fourth-order valence-corrected chi connectivity index (χ4v) is 2.82. The molecule has 1 unspecified atom stereocenters. The third kappa shape index (κ3) is 2.88. The molecule has 0 aliphatic carbocycles. The second-order valence-electron chi connectivity index (χ2n) is 5.35. The van der Waals surface area contributed by atoms with E-state index in [1.165, 1.54) is 28.8 Å². The predicted octanol–water partition coefficient (Wildman–Crippen LogP) is 2.47. The summed E-state index contributed by atoms with van der Waals surface area (Å²) in [5, 5.41) is 8.96. The average molecular weight is 296 g/mol. The number of carboxylic acids is 1. The second-order valence-corrected chi connectivity index (χ2v) is 6.50. The van der Waals surface area contributed by atoms with Crippen LogP contribution in [0.15, 0.2) is 23.1 Å². The molecule has 0 bridgehead atoms. The summed E-state index contributed by atoms with van der Waals surface area (Å²) in [6, 6.07) is 4.52. The third-order valence-electron chi connectivity index (χ3n) is 2.56. The van der Waals surface area contributed by atoms with Gasteiger partial charge in [-0.15, -0.1) is 0 Å². The van der Waals surface area contributed by atoms with Crippen LogP contribution in [0.4, 0.5) is 10.5 Å². The number of aromatic carboxylic acids is 1. The number of amides is 1. The van der Waals surface area contributed by atoms with Gasteiger partial charge in [0.05, 0.1) is 11.3 Å². The van der Waals surface area contributed by atoms with Crippen LogP contribution in [0, 0.1) is 0 Å². The molecule has 108 valence electrons. The highest BCUT2D eigenvalue weighted by molar-refractivity contribution is 8.00. The normalized spacial score (nSPS) is 17.8. The highest BCUT2D eigenvalue weighted by Crippen LogP contribution is 2.42. The van der Waals surface area contributed by atoms with E-state index in [4.69, 9.17) is 15.6 Å². The molecule has 20 heavy (non-hydrogen) atoms. The molecule has 1 heterocycles. The number of carbonyl (C=O) groups excluding carboxylic acids is 1. The molecule has 0 aromatic heterocycles. The van der Waals surface area contributed by atoms with E-state index < -0.39 is 23.2 Å². The van der Waals surface area contributed by atoms with E-state index in [9.17, 15) is 9.59 Å². The molecule has 1 aliphatic heterocycles. The largest absolute Gasteiger partial charge is 0.478 e. The number of fused-ring (bicyclic) bond motifs is 1. The smallest absolute Gasteiger partial charge is 0.416 e. The van der Waals surface area contributed by atoms with E-state index in [1.807, 2.05) is 0 Å². The molecule has 7 heteroatoms. The Hall–Kier alpha value is -1.73. The molecule has 1 aliphatic rings. The fourth-order valence-electron chi connectivity index (χ4n) is 1.77. The minimum atomic E-state index is -1.02. The van der Waals surface area contributed by atoms with E-state index >= 15 is 0 Å². The second kappa shape index (κ2) is 4.99. The first-order chi connectivity index (χ1) is 9.19. The average Bonchev–Trinajstić information content (AvgIpc) is 2.61. The van der Waals surface area contributed by atoms with Crippen LogP contribution in [-0.4, -0.2) is 28.3 Å². The van der Waals surface area contributed by atoms with Crippen molar-refractivity contribution in [2.75, 3.05) is 4.90 Å². The first-order valence-electron chi connectivity index (χ1n) is 6.01. The number of nitrogens with two attached hydrogens (primary N) is 1. The molecule has 0 radical (unpaired) electrons. The minimum Gasteiger partial charge on any atom is -0.478 e. The number of hydrogen-bond acceptors (Lipinski definition) is 5. The quantitative estimate of drug-likeness (QED) is 0.827. The lowest BCUT2D eigenvalue weighted by atomic mass is 10.2. The van der Waals surface area contributed by atoms with Crippen molar-refractivity contribution >= 4 is 29.5 Å². The summed E-state index contributed by atoms with van der Waals surface area (Å²) >= 11 is 1.22. The lowest BCUT2D eigenvalue weighted by Crippen LogP contribution is -2.44. The van der Waals surface area contributed by atoms with Crippen molar-refractivity contribution in [3.8, 4) is 0 Å². The molecule has 3 N–H and O–H groups in total. The lowest BCUT2D eigenvalue weighted by Gasteiger charge is -2.26. The third-order valence-corrected chi connectivity index (χ3v) is 3.59. The molecule has 0 spiro atoms. The van der Waals surface area contributed by atoms with Crippen molar-refractivity contribution < 1.29 is 19.4 Å². The molecule has 0 fully saturated rings. The summed E-state index contributed by atoms with van der Waals surface area (Å²) < 4.78 is 5.30. The van der Waals surface area contributed by atoms with Crippen molar-refractivity contribution in [1.29, 1.82) is 0 Å². The molecule has 1 amide bonds. The maximum absolute atomic E-state index is 12.1. The number of hydrogen-bond donors (Lipinski definition) is 2. The maximum Gasteiger partial charge on any atom is 0.416 e. The fraction of sp³-hybridized carbons (Fsp3) is 0.385. The van der Waals surface area contributed by atoms with Crippen molar-refractivity contribution in [2.45, 2.75) is 36.8 Å². The van der Waals surface area contributed by atoms with E-state index in [2.05, 4.69) is 0 Å². The van der Waals surface area contributed by atoms with Crippen LogP contribution in [0.3, 0.4) is 0 Å². The maximum atomic E-state index is 12.1. The number of carboxylic acid groups (broad SMARTS) is 1. The van der Waals surface area contributed by atoms with Crippen LogP contribution in [-0.2, 0) is 4.74 Å². The molecule has 1 aromatic rings. The number of rotatable bonds is 1.